The van der Waals surface area contributed by atoms with E-state index in [-0.39, 0.29) is 34.4 Å². The number of thiol groups is 2. The molecule has 0 aliphatic carbocycles. The second-order valence-corrected chi connectivity index (χ2v) is 7.31. The fourth-order valence-electron chi connectivity index (χ4n) is 2.97. The molecule has 1 aromatic heterocycles. The number of carbonyl (C=O) groups excluding carboxylic acids is 2. The molecule has 0 aliphatic rings. The van der Waals surface area contributed by atoms with Gasteiger partial charge in [-0.05, 0) is 36.9 Å². The number of nitrogens with two attached hydrogens (primary N) is 1. The van der Waals surface area contributed by atoms with E-state index in [0.717, 1.165) is 0 Å². The van der Waals surface area contributed by atoms with Gasteiger partial charge in [0.25, 0.3) is 0 Å². The molecule has 2 aromatic rings. The lowest BCUT2D eigenvalue weighted by atomic mass is 9.89. The Morgan fingerprint density at radius 1 is 1.37 bits per heavy atom. The van der Waals surface area contributed by atoms with Crippen molar-refractivity contribution in [3.8, 4) is 0 Å². The van der Waals surface area contributed by atoms with E-state index in [2.05, 4.69) is 35.3 Å². The normalized spacial score (nSPS) is 13.0. The first-order valence-corrected chi connectivity index (χ1v) is 9.02. The van der Waals surface area contributed by atoms with Gasteiger partial charge in [-0.1, -0.05) is 17.2 Å². The third-order valence-electron chi connectivity index (χ3n) is 4.25. The maximum atomic E-state index is 12.5. The average molecular weight is 406 g/mol. The zero-order valence-corrected chi connectivity index (χ0v) is 16.2. The number of carbonyl (C=O) groups is 2. The van der Waals surface area contributed by atoms with Crippen molar-refractivity contribution < 1.29 is 14.0 Å². The number of amides is 1. The first-order chi connectivity index (χ1) is 12.7. The zero-order chi connectivity index (χ0) is 20.1. The Hall–Kier alpha value is -2.42. The van der Waals surface area contributed by atoms with E-state index >= 15 is 0 Å². The third kappa shape index (κ3) is 5.06. The van der Waals surface area contributed by atoms with Crippen LogP contribution < -0.4 is 11.4 Å². The number of hydrogen-bond acceptors (Lipinski definition) is 6. The molecule has 0 spiro atoms. The molecular weight excluding hydrogens is 388 g/mol. The summed E-state index contributed by atoms with van der Waals surface area (Å²) in [5.74, 6) is -1.53. The van der Waals surface area contributed by atoms with Crippen molar-refractivity contribution in [2.75, 3.05) is 0 Å². The minimum absolute atomic E-state index is 0.144. The van der Waals surface area contributed by atoms with E-state index in [1.807, 2.05) is 0 Å². The molecule has 0 bridgehead atoms. The van der Waals surface area contributed by atoms with Gasteiger partial charge >= 0.3 is 5.63 Å². The molecule has 0 fully saturated rings. The second-order valence-electron chi connectivity index (χ2n) is 6.08. The Kier molecular flexibility index (Phi) is 6.95. The maximum absolute atomic E-state index is 12.5. The Morgan fingerprint density at radius 2 is 2.07 bits per heavy atom. The van der Waals surface area contributed by atoms with Crippen molar-refractivity contribution in [1.29, 1.82) is 0 Å². The van der Waals surface area contributed by atoms with Gasteiger partial charge in [-0.2, -0.15) is 12.6 Å². The monoisotopic (exact) mass is 406 g/mol. The first-order valence-electron chi connectivity index (χ1n) is 8.06. The standard InChI is InChI=1S/C17H18N4O4S2/c1-8-11-4-2-9(20-21-19)6-13(11)25-17(24)15(8)12(16(18)23)5-3-10(26)7-14(22)27/h2,4,6,10,12,26H,3,5,7H2,1H3,(H2,18,23)(H,22,27). The summed E-state index contributed by atoms with van der Waals surface area (Å²) in [6, 6.07) is 4.69. The van der Waals surface area contributed by atoms with Crippen LogP contribution in [0, 0.1) is 6.92 Å². The Balaban J connectivity index is 2.45. The third-order valence-corrected chi connectivity index (χ3v) is 4.87. The van der Waals surface area contributed by atoms with Crippen LogP contribution in [-0.2, 0) is 9.59 Å². The Morgan fingerprint density at radius 3 is 2.67 bits per heavy atom. The van der Waals surface area contributed by atoms with Gasteiger partial charge in [-0.15, -0.1) is 12.6 Å². The molecule has 2 unspecified atom stereocenters. The SMILES string of the molecule is Cc1c(C(CCC(S)CC(=O)S)C(N)=O)c(=O)oc2cc(N=[N+]=[N-])ccc12. The topological polar surface area (TPSA) is 139 Å². The van der Waals surface area contributed by atoms with Gasteiger partial charge in [0.15, 0.2) is 5.12 Å². The van der Waals surface area contributed by atoms with Crippen molar-refractivity contribution in [2.45, 2.75) is 37.4 Å². The number of rotatable bonds is 8. The van der Waals surface area contributed by atoms with Gasteiger partial charge in [0.1, 0.15) is 5.58 Å². The van der Waals surface area contributed by atoms with E-state index in [4.69, 9.17) is 15.7 Å². The van der Waals surface area contributed by atoms with Crippen LogP contribution in [0.3, 0.4) is 0 Å². The van der Waals surface area contributed by atoms with Crippen LogP contribution in [0.1, 0.15) is 36.3 Å². The Labute approximate surface area is 165 Å². The van der Waals surface area contributed by atoms with Gasteiger partial charge in [0.05, 0.1) is 11.5 Å². The number of aryl methyl sites for hydroxylation is 1. The van der Waals surface area contributed by atoms with E-state index in [9.17, 15) is 14.4 Å². The van der Waals surface area contributed by atoms with Crippen LogP contribution in [0.2, 0.25) is 0 Å². The summed E-state index contributed by atoms with van der Waals surface area (Å²) in [5, 5.41) is 3.49. The highest BCUT2D eigenvalue weighted by molar-refractivity contribution is 7.96. The molecule has 2 atom stereocenters. The molecule has 1 heterocycles. The van der Waals surface area contributed by atoms with Crippen LogP contribution in [0.4, 0.5) is 5.69 Å². The lowest BCUT2D eigenvalue weighted by Gasteiger charge is -2.17. The van der Waals surface area contributed by atoms with Crippen LogP contribution in [0.25, 0.3) is 21.4 Å². The summed E-state index contributed by atoms with van der Waals surface area (Å²) in [7, 11) is 0. The van der Waals surface area contributed by atoms with Gasteiger partial charge in [-0.25, -0.2) is 4.79 Å². The number of nitrogens with zero attached hydrogens (tertiary/aromatic N) is 3. The molecule has 2 N–H and O–H groups in total. The van der Waals surface area contributed by atoms with E-state index in [0.29, 0.717) is 23.1 Å². The molecule has 0 radical (unpaired) electrons. The molecular formula is C17H18N4O4S2. The van der Waals surface area contributed by atoms with Gasteiger partial charge in [-0.3, -0.25) is 9.59 Å². The van der Waals surface area contributed by atoms with Crippen LogP contribution in [0.15, 0.2) is 32.5 Å². The van der Waals surface area contributed by atoms with Crippen LogP contribution >= 0.6 is 25.3 Å². The molecule has 0 saturated carbocycles. The molecule has 0 aliphatic heterocycles. The molecule has 10 heteroatoms. The van der Waals surface area contributed by atoms with Crippen molar-refractivity contribution in [3.63, 3.8) is 0 Å². The number of hydrogen-bond donors (Lipinski definition) is 3. The average Bonchev–Trinajstić information content (AvgIpc) is 2.56. The lowest BCUT2D eigenvalue weighted by Crippen LogP contribution is -2.28. The van der Waals surface area contributed by atoms with Crippen molar-refractivity contribution in [3.05, 3.63) is 50.2 Å². The van der Waals surface area contributed by atoms with Gasteiger partial charge in [0.2, 0.25) is 5.91 Å². The number of primary amides is 1. The van der Waals surface area contributed by atoms with Gasteiger partial charge < -0.3 is 10.2 Å². The van der Waals surface area contributed by atoms with Crippen molar-refractivity contribution in [1.82, 2.24) is 0 Å². The van der Waals surface area contributed by atoms with Crippen molar-refractivity contribution >= 4 is 52.9 Å². The fraction of sp³-hybridized carbons (Fsp3) is 0.353. The predicted octanol–water partition coefficient (Wildman–Crippen LogP) is 3.54. The Bertz CT molecular complexity index is 998. The summed E-state index contributed by atoms with van der Waals surface area (Å²) in [4.78, 5) is 38.3. The second kappa shape index (κ2) is 8.98. The molecule has 1 aromatic carbocycles. The summed E-state index contributed by atoms with van der Waals surface area (Å²) < 4.78 is 5.33. The quantitative estimate of drug-likeness (QED) is 0.203. The molecule has 8 nitrogen and oxygen atoms in total. The number of azide groups is 1. The number of fused-ring (bicyclic) bond motifs is 1. The molecule has 1 amide bonds. The largest absolute Gasteiger partial charge is 0.422 e. The summed E-state index contributed by atoms with van der Waals surface area (Å²) in [6.45, 7) is 1.70. The van der Waals surface area contributed by atoms with E-state index in [1.165, 1.54) is 6.07 Å². The predicted molar refractivity (Wildman–Crippen MR) is 109 cm³/mol. The lowest BCUT2D eigenvalue weighted by molar-refractivity contribution is -0.119. The summed E-state index contributed by atoms with van der Waals surface area (Å²) in [5.41, 5.74) is 14.7. The summed E-state index contributed by atoms with van der Waals surface area (Å²) in [6.07, 6.45) is 0.791. The van der Waals surface area contributed by atoms with E-state index in [1.54, 1.807) is 19.1 Å². The summed E-state index contributed by atoms with van der Waals surface area (Å²) >= 11 is 8.02. The van der Waals surface area contributed by atoms with Crippen LogP contribution in [0.5, 0.6) is 0 Å². The molecule has 142 valence electrons. The molecule has 27 heavy (non-hydrogen) atoms. The highest BCUT2D eigenvalue weighted by Gasteiger charge is 2.26. The maximum Gasteiger partial charge on any atom is 0.340 e. The first kappa shape index (κ1) is 20.9. The van der Waals surface area contributed by atoms with Crippen LogP contribution in [-0.4, -0.2) is 16.3 Å². The van der Waals surface area contributed by atoms with Crippen molar-refractivity contribution in [2.24, 2.45) is 10.8 Å². The molecule has 0 saturated heterocycles. The zero-order valence-electron chi connectivity index (χ0n) is 14.5. The smallest absolute Gasteiger partial charge is 0.340 e. The molecule has 2 rings (SSSR count). The fourth-order valence-corrected chi connectivity index (χ4v) is 3.65. The minimum Gasteiger partial charge on any atom is -0.422 e. The van der Waals surface area contributed by atoms with Gasteiger partial charge in [0, 0.05) is 27.7 Å². The highest BCUT2D eigenvalue weighted by Crippen LogP contribution is 2.30. The van der Waals surface area contributed by atoms with E-state index < -0.39 is 17.5 Å². The minimum atomic E-state index is -0.868. The number of benzene rings is 1. The highest BCUT2D eigenvalue weighted by atomic mass is 32.1.